The highest BCUT2D eigenvalue weighted by Crippen LogP contribution is 2.37. The first-order valence-electron chi connectivity index (χ1n) is 6.95. The van der Waals surface area contributed by atoms with Gasteiger partial charge in [0.25, 0.3) is 0 Å². The van der Waals surface area contributed by atoms with Crippen LogP contribution in [0.2, 0.25) is 0 Å². The van der Waals surface area contributed by atoms with E-state index in [0.29, 0.717) is 17.5 Å². The van der Waals surface area contributed by atoms with Gasteiger partial charge in [-0.05, 0) is 36.5 Å². The molecular formula is C16H16FNOS. The summed E-state index contributed by atoms with van der Waals surface area (Å²) in [7, 11) is -0.786. The molecule has 3 atom stereocenters. The fraction of sp³-hybridized carbons (Fsp3) is 0.438. The zero-order valence-electron chi connectivity index (χ0n) is 11.1. The fourth-order valence-electron chi connectivity index (χ4n) is 3.12. The Bertz CT molecular complexity index is 632. The topological polar surface area (TPSA) is 40.9 Å². The van der Waals surface area contributed by atoms with Crippen molar-refractivity contribution in [2.24, 2.45) is 0 Å². The number of halogens is 1. The lowest BCUT2D eigenvalue weighted by atomic mass is 9.92. The van der Waals surface area contributed by atoms with E-state index < -0.39 is 10.8 Å². The van der Waals surface area contributed by atoms with Gasteiger partial charge in [0.05, 0.1) is 17.7 Å². The van der Waals surface area contributed by atoms with E-state index in [1.54, 1.807) is 6.07 Å². The molecule has 4 heteroatoms. The summed E-state index contributed by atoms with van der Waals surface area (Å²) in [6, 6.07) is 7.04. The summed E-state index contributed by atoms with van der Waals surface area (Å²) in [5.74, 6) is -0.269. The van der Waals surface area contributed by atoms with Gasteiger partial charge in [-0.25, -0.2) is 4.39 Å². The van der Waals surface area contributed by atoms with Crippen molar-refractivity contribution in [3.05, 3.63) is 41.2 Å². The van der Waals surface area contributed by atoms with E-state index in [4.69, 9.17) is 5.26 Å². The molecule has 2 aliphatic heterocycles. The first kappa shape index (κ1) is 13.5. The molecule has 2 nitrogen and oxygen atoms in total. The highest BCUT2D eigenvalue weighted by molar-refractivity contribution is 7.86. The van der Waals surface area contributed by atoms with E-state index in [2.05, 4.69) is 0 Å². The van der Waals surface area contributed by atoms with Crippen molar-refractivity contribution >= 4 is 16.4 Å². The van der Waals surface area contributed by atoms with Crippen molar-refractivity contribution in [2.45, 2.75) is 42.6 Å². The van der Waals surface area contributed by atoms with Crippen LogP contribution in [0.1, 0.15) is 36.8 Å². The normalized spacial score (nSPS) is 28.6. The summed E-state index contributed by atoms with van der Waals surface area (Å²) in [5.41, 5.74) is 2.30. The number of hydrogen-bond acceptors (Lipinski definition) is 2. The van der Waals surface area contributed by atoms with Crippen molar-refractivity contribution in [3.63, 3.8) is 0 Å². The molecule has 0 aliphatic carbocycles. The van der Waals surface area contributed by atoms with Crippen molar-refractivity contribution in [2.75, 3.05) is 0 Å². The van der Waals surface area contributed by atoms with E-state index >= 15 is 0 Å². The maximum Gasteiger partial charge on any atom is 0.130 e. The minimum atomic E-state index is -0.786. The SMILES string of the molecule is N#CCc1ccc(C2=CC3CCCC(C2)S3=O)c(F)c1. The lowest BCUT2D eigenvalue weighted by molar-refractivity contribution is 0.576. The summed E-state index contributed by atoms with van der Waals surface area (Å²) >= 11 is 0. The highest BCUT2D eigenvalue weighted by Gasteiger charge is 2.34. The lowest BCUT2D eigenvalue weighted by Crippen LogP contribution is -2.33. The molecule has 3 unspecified atom stereocenters. The maximum absolute atomic E-state index is 14.2. The van der Waals surface area contributed by atoms with Crippen molar-refractivity contribution in [1.29, 1.82) is 5.26 Å². The summed E-state index contributed by atoms with van der Waals surface area (Å²) < 4.78 is 26.4. The second kappa shape index (κ2) is 5.49. The van der Waals surface area contributed by atoms with Crippen LogP contribution in [0.15, 0.2) is 24.3 Å². The Morgan fingerprint density at radius 1 is 1.40 bits per heavy atom. The van der Waals surface area contributed by atoms with Gasteiger partial charge in [-0.3, -0.25) is 4.21 Å². The lowest BCUT2D eigenvalue weighted by Gasteiger charge is -2.33. The Balaban J connectivity index is 1.94. The molecule has 0 radical (unpaired) electrons. The summed E-state index contributed by atoms with van der Waals surface area (Å²) in [6.45, 7) is 0. The van der Waals surface area contributed by atoms with Crippen LogP contribution in [0.3, 0.4) is 0 Å². The molecule has 2 aliphatic rings. The number of nitrogens with zero attached hydrogens (tertiary/aromatic N) is 1. The van der Waals surface area contributed by atoms with Crippen LogP contribution in [0, 0.1) is 17.1 Å². The van der Waals surface area contributed by atoms with E-state index in [1.807, 2.05) is 18.2 Å². The van der Waals surface area contributed by atoms with E-state index in [9.17, 15) is 8.60 Å². The third-order valence-corrected chi connectivity index (χ3v) is 6.17. The molecular weight excluding hydrogens is 273 g/mol. The zero-order chi connectivity index (χ0) is 14.1. The minimum Gasteiger partial charge on any atom is -0.259 e. The standard InChI is InChI=1S/C16H16FNOS/c17-16-8-11(6-7-18)4-5-15(16)12-9-13-2-1-3-14(10-12)20(13)19/h4-5,8-9,13-14H,1-3,6,10H2. The Morgan fingerprint density at radius 3 is 2.95 bits per heavy atom. The second-order valence-corrected chi connectivity index (χ2v) is 7.39. The van der Waals surface area contributed by atoms with E-state index in [-0.39, 0.29) is 22.7 Å². The average molecular weight is 289 g/mol. The highest BCUT2D eigenvalue weighted by atomic mass is 32.2. The van der Waals surface area contributed by atoms with Gasteiger partial charge in [0.1, 0.15) is 5.82 Å². The molecule has 0 spiro atoms. The first-order valence-corrected chi connectivity index (χ1v) is 8.22. The van der Waals surface area contributed by atoms with Crippen LogP contribution in [0.4, 0.5) is 4.39 Å². The van der Waals surface area contributed by atoms with Crippen LogP contribution in [0.25, 0.3) is 5.57 Å². The van der Waals surface area contributed by atoms with Gasteiger partial charge in [0, 0.05) is 21.6 Å². The van der Waals surface area contributed by atoms with Crippen molar-refractivity contribution in [3.8, 4) is 6.07 Å². The molecule has 0 saturated carbocycles. The van der Waals surface area contributed by atoms with Gasteiger partial charge in [0.15, 0.2) is 0 Å². The predicted molar refractivity (Wildman–Crippen MR) is 77.9 cm³/mol. The van der Waals surface area contributed by atoms with E-state index in [1.165, 1.54) is 6.07 Å². The Morgan fingerprint density at radius 2 is 2.25 bits per heavy atom. The largest absolute Gasteiger partial charge is 0.259 e. The van der Waals surface area contributed by atoms with Gasteiger partial charge in [0.2, 0.25) is 0 Å². The predicted octanol–water partition coefficient (Wildman–Crippen LogP) is 3.35. The van der Waals surface area contributed by atoms with Crippen molar-refractivity contribution in [1.82, 2.24) is 0 Å². The maximum atomic E-state index is 14.2. The molecule has 104 valence electrons. The summed E-state index contributed by atoms with van der Waals surface area (Å²) in [4.78, 5) is 0. The third kappa shape index (κ3) is 2.43. The summed E-state index contributed by atoms with van der Waals surface area (Å²) in [6.07, 6.45) is 5.99. The van der Waals surface area contributed by atoms with E-state index in [0.717, 1.165) is 24.8 Å². The van der Waals surface area contributed by atoms with Gasteiger partial charge in [-0.2, -0.15) is 5.26 Å². The average Bonchev–Trinajstić information content (AvgIpc) is 2.39. The van der Waals surface area contributed by atoms with Crippen LogP contribution in [-0.4, -0.2) is 14.7 Å². The number of hydrogen-bond donors (Lipinski definition) is 0. The molecule has 0 amide bonds. The third-order valence-electron chi connectivity index (χ3n) is 4.14. The second-order valence-electron chi connectivity index (χ2n) is 5.47. The number of fused-ring (bicyclic) bond motifs is 2. The van der Waals surface area contributed by atoms with Crippen LogP contribution >= 0.6 is 0 Å². The molecule has 2 bridgehead atoms. The Labute approximate surface area is 120 Å². The molecule has 1 fully saturated rings. The molecule has 0 aromatic heterocycles. The van der Waals surface area contributed by atoms with Gasteiger partial charge in [-0.1, -0.05) is 24.6 Å². The van der Waals surface area contributed by atoms with Crippen LogP contribution < -0.4 is 0 Å². The molecule has 2 heterocycles. The molecule has 20 heavy (non-hydrogen) atoms. The number of rotatable bonds is 2. The Kier molecular flexibility index (Phi) is 3.71. The first-order chi connectivity index (χ1) is 9.69. The molecule has 0 N–H and O–H groups in total. The Hall–Kier alpha value is -1.47. The molecule has 1 aromatic rings. The smallest absolute Gasteiger partial charge is 0.130 e. The number of benzene rings is 1. The van der Waals surface area contributed by atoms with Crippen LogP contribution in [0.5, 0.6) is 0 Å². The monoisotopic (exact) mass is 289 g/mol. The molecule has 1 saturated heterocycles. The fourth-order valence-corrected chi connectivity index (χ4v) is 5.05. The molecule has 3 rings (SSSR count). The molecule has 1 aromatic carbocycles. The quantitative estimate of drug-likeness (QED) is 0.837. The van der Waals surface area contributed by atoms with Gasteiger partial charge >= 0.3 is 0 Å². The number of allylic oxidation sites excluding steroid dienone is 1. The van der Waals surface area contributed by atoms with Crippen molar-refractivity contribution < 1.29 is 8.60 Å². The zero-order valence-corrected chi connectivity index (χ0v) is 12.0. The number of nitriles is 1. The summed E-state index contributed by atoms with van der Waals surface area (Å²) in [5, 5.41) is 8.93. The van der Waals surface area contributed by atoms with Gasteiger partial charge in [-0.15, -0.1) is 0 Å². The van der Waals surface area contributed by atoms with Gasteiger partial charge < -0.3 is 0 Å². The van der Waals surface area contributed by atoms with Crippen LogP contribution in [-0.2, 0) is 17.2 Å². The minimum absolute atomic E-state index is 0.0932.